The van der Waals surface area contributed by atoms with Crippen LogP contribution in [-0.2, 0) is 6.61 Å². The van der Waals surface area contributed by atoms with Crippen molar-refractivity contribution in [2.45, 2.75) is 6.61 Å². The molecule has 0 saturated heterocycles. The Morgan fingerprint density at radius 2 is 1.90 bits per heavy atom. The molecule has 0 spiro atoms. The van der Waals surface area contributed by atoms with Crippen LogP contribution in [0.3, 0.4) is 0 Å². The molecular weight excluding hydrogens is 297 g/mol. The van der Waals surface area contributed by atoms with Crippen molar-refractivity contribution in [3.05, 3.63) is 57.6 Å². The third-order valence-electron chi connectivity index (χ3n) is 2.68. The Balaban J connectivity index is 2.19. The first kappa shape index (κ1) is 14.5. The maximum absolute atomic E-state index is 8.84. The second kappa shape index (κ2) is 6.51. The molecule has 2 aromatic carbocycles. The number of benzene rings is 2. The van der Waals surface area contributed by atoms with E-state index < -0.39 is 0 Å². The SMILES string of the molecule is COc1cc(C#N)ccc1OCc1cc(Cl)ccc1Cl. The van der Waals surface area contributed by atoms with E-state index in [0.717, 1.165) is 5.56 Å². The topological polar surface area (TPSA) is 42.2 Å². The Labute approximate surface area is 127 Å². The molecule has 0 aliphatic carbocycles. The molecule has 2 rings (SSSR count). The number of methoxy groups -OCH3 is 1. The van der Waals surface area contributed by atoms with Crippen LogP contribution < -0.4 is 9.47 Å². The lowest BCUT2D eigenvalue weighted by Gasteiger charge is -2.11. The molecule has 0 aromatic heterocycles. The van der Waals surface area contributed by atoms with E-state index in [1.165, 1.54) is 7.11 Å². The lowest BCUT2D eigenvalue weighted by molar-refractivity contribution is 0.284. The van der Waals surface area contributed by atoms with Crippen molar-refractivity contribution in [1.29, 1.82) is 5.26 Å². The van der Waals surface area contributed by atoms with Gasteiger partial charge in [-0.3, -0.25) is 0 Å². The minimum Gasteiger partial charge on any atom is -0.493 e. The third kappa shape index (κ3) is 3.36. The van der Waals surface area contributed by atoms with E-state index in [-0.39, 0.29) is 6.61 Å². The molecule has 0 aliphatic heterocycles. The van der Waals surface area contributed by atoms with Crippen LogP contribution >= 0.6 is 23.2 Å². The molecule has 0 unspecified atom stereocenters. The zero-order chi connectivity index (χ0) is 14.5. The zero-order valence-electron chi connectivity index (χ0n) is 10.7. The molecule has 0 atom stereocenters. The van der Waals surface area contributed by atoms with E-state index in [9.17, 15) is 0 Å². The summed E-state index contributed by atoms with van der Waals surface area (Å²) in [5.74, 6) is 1.05. The van der Waals surface area contributed by atoms with Gasteiger partial charge in [0.2, 0.25) is 0 Å². The highest BCUT2D eigenvalue weighted by atomic mass is 35.5. The Bertz CT molecular complexity index is 665. The van der Waals surface area contributed by atoms with E-state index in [0.29, 0.717) is 27.1 Å². The van der Waals surface area contributed by atoms with Gasteiger partial charge in [-0.25, -0.2) is 0 Å². The van der Waals surface area contributed by atoms with Gasteiger partial charge in [-0.15, -0.1) is 0 Å². The van der Waals surface area contributed by atoms with Crippen LogP contribution in [0.4, 0.5) is 0 Å². The number of nitriles is 1. The number of ether oxygens (including phenoxy) is 2. The van der Waals surface area contributed by atoms with Gasteiger partial charge in [0, 0.05) is 21.7 Å². The summed E-state index contributed by atoms with van der Waals surface area (Å²) < 4.78 is 10.9. The van der Waals surface area contributed by atoms with E-state index >= 15 is 0 Å². The zero-order valence-corrected chi connectivity index (χ0v) is 12.2. The molecule has 0 aliphatic rings. The van der Waals surface area contributed by atoms with E-state index in [1.807, 2.05) is 6.07 Å². The summed E-state index contributed by atoms with van der Waals surface area (Å²) in [7, 11) is 1.52. The highest BCUT2D eigenvalue weighted by molar-refractivity contribution is 6.33. The molecule has 0 radical (unpaired) electrons. The smallest absolute Gasteiger partial charge is 0.162 e. The summed E-state index contributed by atoms with van der Waals surface area (Å²) in [6.07, 6.45) is 0. The molecule has 3 nitrogen and oxygen atoms in total. The minimum atomic E-state index is 0.266. The van der Waals surface area contributed by atoms with Crippen molar-refractivity contribution >= 4 is 23.2 Å². The number of nitrogens with zero attached hydrogens (tertiary/aromatic N) is 1. The summed E-state index contributed by atoms with van der Waals surface area (Å²) >= 11 is 12.0. The van der Waals surface area contributed by atoms with Crippen LogP contribution in [0.1, 0.15) is 11.1 Å². The Kier molecular flexibility index (Phi) is 4.73. The van der Waals surface area contributed by atoms with Crippen molar-refractivity contribution in [1.82, 2.24) is 0 Å². The van der Waals surface area contributed by atoms with E-state index in [1.54, 1.807) is 36.4 Å². The van der Waals surface area contributed by atoms with Crippen molar-refractivity contribution in [2.24, 2.45) is 0 Å². The predicted octanol–water partition coefficient (Wildman–Crippen LogP) is 4.45. The first-order chi connectivity index (χ1) is 9.63. The average Bonchev–Trinajstić information content (AvgIpc) is 2.48. The fourth-order valence-corrected chi connectivity index (χ4v) is 2.03. The second-order valence-electron chi connectivity index (χ2n) is 4.00. The second-order valence-corrected chi connectivity index (χ2v) is 4.85. The summed E-state index contributed by atoms with van der Waals surface area (Å²) in [5.41, 5.74) is 1.29. The quantitative estimate of drug-likeness (QED) is 0.838. The van der Waals surface area contributed by atoms with Crippen LogP contribution in [-0.4, -0.2) is 7.11 Å². The van der Waals surface area contributed by atoms with Crippen LogP contribution in [0.15, 0.2) is 36.4 Å². The predicted molar refractivity (Wildman–Crippen MR) is 78.5 cm³/mol. The van der Waals surface area contributed by atoms with Gasteiger partial charge < -0.3 is 9.47 Å². The van der Waals surface area contributed by atoms with Crippen LogP contribution in [0, 0.1) is 11.3 Å². The Morgan fingerprint density at radius 1 is 1.10 bits per heavy atom. The number of hydrogen-bond donors (Lipinski definition) is 0. The highest BCUT2D eigenvalue weighted by Gasteiger charge is 2.08. The van der Waals surface area contributed by atoms with Gasteiger partial charge in [0.1, 0.15) is 6.61 Å². The summed E-state index contributed by atoms with van der Waals surface area (Å²) in [6, 6.07) is 12.2. The molecule has 20 heavy (non-hydrogen) atoms. The largest absolute Gasteiger partial charge is 0.493 e. The molecular formula is C15H11Cl2NO2. The number of rotatable bonds is 4. The monoisotopic (exact) mass is 307 g/mol. The van der Waals surface area contributed by atoms with E-state index in [2.05, 4.69) is 0 Å². The van der Waals surface area contributed by atoms with Gasteiger partial charge >= 0.3 is 0 Å². The Morgan fingerprint density at radius 3 is 2.60 bits per heavy atom. The number of hydrogen-bond acceptors (Lipinski definition) is 3. The minimum absolute atomic E-state index is 0.266. The highest BCUT2D eigenvalue weighted by Crippen LogP contribution is 2.29. The van der Waals surface area contributed by atoms with Gasteiger partial charge in [0.25, 0.3) is 0 Å². The van der Waals surface area contributed by atoms with Crippen LogP contribution in [0.5, 0.6) is 11.5 Å². The van der Waals surface area contributed by atoms with Crippen molar-refractivity contribution < 1.29 is 9.47 Å². The van der Waals surface area contributed by atoms with Crippen molar-refractivity contribution in [3.63, 3.8) is 0 Å². The molecule has 0 bridgehead atoms. The van der Waals surface area contributed by atoms with E-state index in [4.69, 9.17) is 37.9 Å². The molecule has 0 fully saturated rings. The van der Waals surface area contributed by atoms with Crippen molar-refractivity contribution in [2.75, 3.05) is 7.11 Å². The van der Waals surface area contributed by atoms with Crippen molar-refractivity contribution in [3.8, 4) is 17.6 Å². The van der Waals surface area contributed by atoms with Gasteiger partial charge in [0.15, 0.2) is 11.5 Å². The molecule has 0 saturated carbocycles. The maximum atomic E-state index is 8.84. The lowest BCUT2D eigenvalue weighted by Crippen LogP contribution is -1.98. The molecule has 5 heteroatoms. The van der Waals surface area contributed by atoms with Gasteiger partial charge in [0.05, 0.1) is 18.7 Å². The molecule has 0 N–H and O–H groups in total. The lowest BCUT2D eigenvalue weighted by atomic mass is 10.2. The Hall–Kier alpha value is -1.89. The summed E-state index contributed by atoms with van der Waals surface area (Å²) in [4.78, 5) is 0. The first-order valence-electron chi connectivity index (χ1n) is 5.79. The van der Waals surface area contributed by atoms with Gasteiger partial charge in [-0.2, -0.15) is 5.26 Å². The number of halogens is 2. The summed E-state index contributed by atoms with van der Waals surface area (Å²) in [6.45, 7) is 0.266. The standard InChI is InChI=1S/C15H11Cl2NO2/c1-19-15-6-10(8-18)2-5-14(15)20-9-11-7-12(16)3-4-13(11)17/h2-7H,9H2,1H3. The maximum Gasteiger partial charge on any atom is 0.162 e. The van der Waals surface area contributed by atoms with Gasteiger partial charge in [-0.1, -0.05) is 23.2 Å². The van der Waals surface area contributed by atoms with Gasteiger partial charge in [-0.05, 0) is 30.3 Å². The third-order valence-corrected chi connectivity index (χ3v) is 3.29. The first-order valence-corrected chi connectivity index (χ1v) is 6.54. The molecule has 102 valence electrons. The molecule has 0 amide bonds. The fourth-order valence-electron chi connectivity index (χ4n) is 1.67. The normalized spacial score (nSPS) is 9.90. The average molecular weight is 308 g/mol. The summed E-state index contributed by atoms with van der Waals surface area (Å²) in [5, 5.41) is 10.0. The van der Waals surface area contributed by atoms with Crippen LogP contribution in [0.25, 0.3) is 0 Å². The fraction of sp³-hybridized carbons (Fsp3) is 0.133. The molecule has 2 aromatic rings. The van der Waals surface area contributed by atoms with Crippen LogP contribution in [0.2, 0.25) is 10.0 Å². The molecule has 0 heterocycles.